The molecule has 0 saturated heterocycles. The molecule has 2 nitrogen and oxygen atoms in total. The van der Waals surface area contributed by atoms with Crippen molar-refractivity contribution in [2.45, 2.75) is 26.3 Å². The van der Waals surface area contributed by atoms with E-state index in [-0.39, 0.29) is 0 Å². The van der Waals surface area contributed by atoms with Gasteiger partial charge in [0.15, 0.2) is 0 Å². The van der Waals surface area contributed by atoms with Gasteiger partial charge in [-0.3, -0.25) is 0 Å². The molecule has 1 aliphatic rings. The summed E-state index contributed by atoms with van der Waals surface area (Å²) >= 11 is 0. The summed E-state index contributed by atoms with van der Waals surface area (Å²) in [7, 11) is 0. The average Bonchev–Trinajstić information content (AvgIpc) is 2.59. The highest BCUT2D eigenvalue weighted by molar-refractivity contribution is 5.98. The summed E-state index contributed by atoms with van der Waals surface area (Å²) in [5.74, 6) is 0.374. The third-order valence-corrected chi connectivity index (χ3v) is 3.37. The van der Waals surface area contributed by atoms with Gasteiger partial charge in [0.25, 0.3) is 0 Å². The van der Waals surface area contributed by atoms with Crippen LogP contribution in [0.15, 0.2) is 24.3 Å². The van der Waals surface area contributed by atoms with Crippen molar-refractivity contribution in [1.29, 1.82) is 0 Å². The highest BCUT2D eigenvalue weighted by Crippen LogP contribution is 2.39. The first-order chi connectivity index (χ1) is 7.66. The molecule has 1 aliphatic heterocycles. The van der Waals surface area contributed by atoms with E-state index in [2.05, 4.69) is 25.2 Å². The van der Waals surface area contributed by atoms with Gasteiger partial charge < -0.3 is 10.4 Å². The molecule has 2 heteroatoms. The van der Waals surface area contributed by atoms with Crippen LogP contribution >= 0.6 is 0 Å². The topological polar surface area (TPSA) is 32.3 Å². The molecule has 0 fully saturated rings. The van der Waals surface area contributed by atoms with Gasteiger partial charge in [0, 0.05) is 23.2 Å². The Hall–Kier alpha value is -1.70. The van der Waals surface area contributed by atoms with Crippen molar-refractivity contribution in [3.05, 3.63) is 35.4 Å². The summed E-state index contributed by atoms with van der Waals surface area (Å²) in [5, 5.41) is 15.6. The first kappa shape index (κ1) is 9.52. The van der Waals surface area contributed by atoms with Gasteiger partial charge in [0.2, 0.25) is 0 Å². The number of rotatable bonds is 0. The molecule has 0 bridgehead atoms. The van der Waals surface area contributed by atoms with Gasteiger partial charge in [-0.05, 0) is 36.8 Å². The Morgan fingerprint density at radius 2 is 2.19 bits per heavy atom. The van der Waals surface area contributed by atoms with E-state index in [9.17, 15) is 5.11 Å². The maximum Gasteiger partial charge on any atom is 0.125 e. The zero-order valence-corrected chi connectivity index (χ0v) is 9.54. The molecule has 82 valence electrons. The maximum atomic E-state index is 10.0. The Kier molecular flexibility index (Phi) is 1.87. The number of phenols is 1. The molecule has 0 spiro atoms. The van der Waals surface area contributed by atoms with E-state index in [1.54, 1.807) is 0 Å². The lowest BCUT2D eigenvalue weighted by molar-refractivity contribution is 0.482. The Balaban J connectivity index is 2.43. The summed E-state index contributed by atoms with van der Waals surface area (Å²) in [5.41, 5.74) is 3.67. The van der Waals surface area contributed by atoms with Gasteiger partial charge in [-0.15, -0.1) is 0 Å². The fraction of sp³-hybridized carbons (Fsp3) is 0.286. The molecule has 1 heterocycles. The largest absolute Gasteiger partial charge is 0.507 e. The van der Waals surface area contributed by atoms with E-state index in [1.807, 2.05) is 18.2 Å². The van der Waals surface area contributed by atoms with Crippen molar-refractivity contribution in [3.8, 4) is 5.75 Å². The summed E-state index contributed by atoms with van der Waals surface area (Å²) < 4.78 is 0. The third kappa shape index (κ3) is 1.19. The standard InChI is InChI=1S/C14H15NO/c1-8-4-3-5-10-13(16)7-12-11(14(8)10)6-9(2)15-12/h3-5,7,9,15-16H,6H2,1-2H3/t9-/m0/s1. The Bertz CT molecular complexity index is 574. The van der Waals surface area contributed by atoms with E-state index in [1.165, 1.54) is 16.5 Å². The van der Waals surface area contributed by atoms with Crippen LogP contribution in [0.1, 0.15) is 18.1 Å². The minimum Gasteiger partial charge on any atom is -0.507 e. The number of hydrogen-bond acceptors (Lipinski definition) is 2. The molecule has 2 N–H and O–H groups in total. The van der Waals surface area contributed by atoms with Crippen LogP contribution in [-0.2, 0) is 6.42 Å². The van der Waals surface area contributed by atoms with Crippen LogP contribution in [0.5, 0.6) is 5.75 Å². The Morgan fingerprint density at radius 3 is 3.00 bits per heavy atom. The minimum atomic E-state index is 0.374. The zero-order valence-electron chi connectivity index (χ0n) is 9.54. The quantitative estimate of drug-likeness (QED) is 0.704. The summed E-state index contributed by atoms with van der Waals surface area (Å²) in [4.78, 5) is 0. The highest BCUT2D eigenvalue weighted by Gasteiger charge is 2.21. The van der Waals surface area contributed by atoms with Crippen LogP contribution in [-0.4, -0.2) is 11.1 Å². The fourth-order valence-electron chi connectivity index (χ4n) is 2.68. The number of aryl methyl sites for hydroxylation is 1. The lowest BCUT2D eigenvalue weighted by atomic mass is 9.97. The maximum absolute atomic E-state index is 10.0. The lowest BCUT2D eigenvalue weighted by Crippen LogP contribution is -2.08. The number of nitrogens with one attached hydrogen (secondary N) is 1. The summed E-state index contributed by atoms with van der Waals surface area (Å²) in [6.45, 7) is 4.27. The summed E-state index contributed by atoms with van der Waals surface area (Å²) in [6, 6.07) is 8.39. The molecule has 0 saturated carbocycles. The molecule has 0 amide bonds. The van der Waals surface area contributed by atoms with Crippen molar-refractivity contribution in [2.75, 3.05) is 5.32 Å². The molecule has 0 aromatic heterocycles. The first-order valence-corrected chi connectivity index (χ1v) is 5.67. The molecule has 0 aliphatic carbocycles. The van der Waals surface area contributed by atoms with Gasteiger partial charge in [0.05, 0.1) is 0 Å². The van der Waals surface area contributed by atoms with Gasteiger partial charge >= 0.3 is 0 Å². The molecule has 3 rings (SSSR count). The number of aromatic hydroxyl groups is 1. The second kappa shape index (κ2) is 3.14. The van der Waals surface area contributed by atoms with Crippen LogP contribution in [0.2, 0.25) is 0 Å². The molecule has 2 aromatic carbocycles. The molecule has 1 atom stereocenters. The molecule has 2 aromatic rings. The third-order valence-electron chi connectivity index (χ3n) is 3.37. The van der Waals surface area contributed by atoms with Gasteiger partial charge in [-0.1, -0.05) is 18.2 Å². The van der Waals surface area contributed by atoms with Crippen molar-refractivity contribution in [1.82, 2.24) is 0 Å². The molecule has 0 unspecified atom stereocenters. The van der Waals surface area contributed by atoms with E-state index in [0.29, 0.717) is 11.8 Å². The van der Waals surface area contributed by atoms with Crippen molar-refractivity contribution >= 4 is 16.5 Å². The number of hydrogen-bond donors (Lipinski definition) is 2. The minimum absolute atomic E-state index is 0.374. The Morgan fingerprint density at radius 1 is 1.38 bits per heavy atom. The van der Waals surface area contributed by atoms with E-state index >= 15 is 0 Å². The van der Waals surface area contributed by atoms with Crippen molar-refractivity contribution in [2.24, 2.45) is 0 Å². The van der Waals surface area contributed by atoms with Crippen LogP contribution in [0.4, 0.5) is 5.69 Å². The van der Waals surface area contributed by atoms with Crippen LogP contribution in [0, 0.1) is 6.92 Å². The first-order valence-electron chi connectivity index (χ1n) is 5.67. The van der Waals surface area contributed by atoms with Crippen LogP contribution in [0.3, 0.4) is 0 Å². The fourth-order valence-corrected chi connectivity index (χ4v) is 2.68. The summed E-state index contributed by atoms with van der Waals surface area (Å²) in [6.07, 6.45) is 1.04. The lowest BCUT2D eigenvalue weighted by Gasteiger charge is -2.09. The van der Waals surface area contributed by atoms with Gasteiger partial charge in [0.1, 0.15) is 5.75 Å². The molecule has 0 radical (unpaired) electrons. The Labute approximate surface area is 94.9 Å². The SMILES string of the molecule is Cc1cccc2c(O)cc3c(c12)C[C@H](C)N3. The smallest absolute Gasteiger partial charge is 0.125 e. The van der Waals surface area contributed by atoms with Crippen LogP contribution < -0.4 is 5.32 Å². The van der Waals surface area contributed by atoms with Crippen molar-refractivity contribution < 1.29 is 5.11 Å². The van der Waals surface area contributed by atoms with E-state index in [4.69, 9.17) is 0 Å². The second-order valence-corrected chi connectivity index (χ2v) is 4.67. The predicted molar refractivity (Wildman–Crippen MR) is 67.1 cm³/mol. The second-order valence-electron chi connectivity index (χ2n) is 4.67. The number of anilines is 1. The van der Waals surface area contributed by atoms with Crippen molar-refractivity contribution in [3.63, 3.8) is 0 Å². The van der Waals surface area contributed by atoms with Gasteiger partial charge in [-0.2, -0.15) is 0 Å². The van der Waals surface area contributed by atoms with Crippen LogP contribution in [0.25, 0.3) is 10.8 Å². The predicted octanol–water partition coefficient (Wildman–Crippen LogP) is 3.21. The number of benzene rings is 2. The number of fused-ring (bicyclic) bond motifs is 3. The van der Waals surface area contributed by atoms with E-state index < -0.39 is 0 Å². The zero-order chi connectivity index (χ0) is 11.3. The van der Waals surface area contributed by atoms with Gasteiger partial charge in [-0.25, -0.2) is 0 Å². The molecule has 16 heavy (non-hydrogen) atoms. The molecular weight excluding hydrogens is 198 g/mol. The highest BCUT2D eigenvalue weighted by atomic mass is 16.3. The average molecular weight is 213 g/mol. The number of phenolic OH excluding ortho intramolecular Hbond substituents is 1. The van der Waals surface area contributed by atoms with E-state index in [0.717, 1.165) is 17.5 Å². The monoisotopic (exact) mass is 213 g/mol. The molecular formula is C14H15NO. The normalized spacial score (nSPS) is 18.5.